The van der Waals surface area contributed by atoms with Gasteiger partial charge in [-0.25, -0.2) is 13.6 Å². The molecule has 3 aliphatic rings. The second-order valence-electron chi connectivity index (χ2n) is 11.2. The molecule has 0 spiro atoms. The van der Waals surface area contributed by atoms with Gasteiger partial charge >= 0.3 is 12.1 Å². The number of carbonyl (C=O) groups excluding carboxylic acids is 1. The van der Waals surface area contributed by atoms with Crippen LogP contribution < -0.4 is 4.74 Å². The number of amides is 1. The first-order valence-corrected chi connectivity index (χ1v) is 14.5. The molecule has 2 saturated heterocycles. The topological polar surface area (TPSA) is 70.1 Å². The summed E-state index contributed by atoms with van der Waals surface area (Å²) in [6.45, 7) is 0.0206. The minimum absolute atomic E-state index is 0.0282. The van der Waals surface area contributed by atoms with Gasteiger partial charge in [0.05, 0.1) is 18.7 Å². The van der Waals surface area contributed by atoms with E-state index < -0.39 is 48.7 Å². The van der Waals surface area contributed by atoms with Gasteiger partial charge in [0.1, 0.15) is 29.8 Å². The highest BCUT2D eigenvalue weighted by molar-refractivity contribution is 6.34. The molecule has 2 aliphatic heterocycles. The zero-order valence-electron chi connectivity index (χ0n) is 22.3. The van der Waals surface area contributed by atoms with E-state index in [1.54, 1.807) is 0 Å². The van der Waals surface area contributed by atoms with Gasteiger partial charge in [0.25, 0.3) is 5.91 Å². The zero-order chi connectivity index (χ0) is 30.3. The van der Waals surface area contributed by atoms with E-state index in [0.717, 1.165) is 23.8 Å². The van der Waals surface area contributed by atoms with E-state index in [1.165, 1.54) is 29.2 Å². The van der Waals surface area contributed by atoms with Crippen LogP contribution in [-0.4, -0.2) is 71.4 Å². The van der Waals surface area contributed by atoms with Gasteiger partial charge in [-0.1, -0.05) is 23.2 Å². The maximum Gasteiger partial charge on any atom is 0.408 e. The Morgan fingerprint density at radius 1 is 1.02 bits per heavy atom. The highest BCUT2D eigenvalue weighted by Gasteiger charge is 2.46. The molecule has 1 amide bonds. The van der Waals surface area contributed by atoms with E-state index in [9.17, 15) is 32.3 Å². The number of piperidine rings is 1. The van der Waals surface area contributed by atoms with Crippen molar-refractivity contribution in [2.75, 3.05) is 26.2 Å². The van der Waals surface area contributed by atoms with Crippen LogP contribution in [0.1, 0.15) is 65.5 Å². The summed E-state index contributed by atoms with van der Waals surface area (Å²) in [5.41, 5.74) is 0.242. The van der Waals surface area contributed by atoms with E-state index >= 15 is 4.39 Å². The number of carboxylic acid groups (broad SMARTS) is 1. The maximum atomic E-state index is 15.2. The SMILES string of the molecule is O=C(O)[C@@H]1C[C@@H](F)CN1C(=O)c1cc(C2CC2)c(OCC2CCN([C@H](c3cc(Cl)cc(Cl)c3)C(F)(F)F)CC2)cc1F. The summed E-state index contributed by atoms with van der Waals surface area (Å²) in [5, 5.41) is 9.62. The van der Waals surface area contributed by atoms with Crippen LogP contribution in [-0.2, 0) is 4.79 Å². The van der Waals surface area contributed by atoms with Crippen molar-refractivity contribution in [1.82, 2.24) is 9.80 Å². The minimum Gasteiger partial charge on any atom is -0.493 e. The monoisotopic (exact) mass is 634 g/mol. The second-order valence-corrected chi connectivity index (χ2v) is 12.1. The summed E-state index contributed by atoms with van der Waals surface area (Å²) >= 11 is 11.9. The number of benzene rings is 2. The van der Waals surface area contributed by atoms with Crippen molar-refractivity contribution in [2.45, 2.75) is 62.5 Å². The molecular formula is C29H29Cl2F5N2O4. The molecular weight excluding hydrogens is 606 g/mol. The first-order chi connectivity index (χ1) is 19.8. The minimum atomic E-state index is -4.54. The Bertz CT molecular complexity index is 1330. The fraction of sp³-hybridized carbons (Fsp3) is 0.517. The lowest BCUT2D eigenvalue weighted by Crippen LogP contribution is -2.43. The van der Waals surface area contributed by atoms with Crippen molar-refractivity contribution < 1.29 is 41.4 Å². The Morgan fingerprint density at radius 3 is 2.24 bits per heavy atom. The summed E-state index contributed by atoms with van der Waals surface area (Å²) < 4.78 is 77.4. The lowest BCUT2D eigenvalue weighted by atomic mass is 9.94. The number of aliphatic carboxylic acids is 1. The molecule has 13 heteroatoms. The van der Waals surface area contributed by atoms with Crippen LogP contribution in [0.15, 0.2) is 30.3 Å². The van der Waals surface area contributed by atoms with Crippen molar-refractivity contribution in [3.63, 3.8) is 0 Å². The molecule has 2 aromatic carbocycles. The van der Waals surface area contributed by atoms with Gasteiger partial charge < -0.3 is 14.7 Å². The number of rotatable bonds is 8. The average Bonchev–Trinajstić information content (AvgIpc) is 3.66. The third kappa shape index (κ3) is 6.78. The summed E-state index contributed by atoms with van der Waals surface area (Å²) in [7, 11) is 0. The molecule has 5 rings (SSSR count). The lowest BCUT2D eigenvalue weighted by Gasteiger charge is -2.38. The van der Waals surface area contributed by atoms with Gasteiger partial charge in [-0.2, -0.15) is 13.2 Å². The van der Waals surface area contributed by atoms with Crippen LogP contribution in [0.5, 0.6) is 5.75 Å². The smallest absolute Gasteiger partial charge is 0.408 e. The quantitative estimate of drug-likeness (QED) is 0.315. The van der Waals surface area contributed by atoms with Crippen molar-refractivity contribution in [1.29, 1.82) is 0 Å². The predicted octanol–water partition coefficient (Wildman–Crippen LogP) is 7.04. The average molecular weight is 635 g/mol. The van der Waals surface area contributed by atoms with E-state index in [2.05, 4.69) is 0 Å². The summed E-state index contributed by atoms with van der Waals surface area (Å²) in [4.78, 5) is 26.8. The molecule has 0 bridgehead atoms. The number of carboxylic acids is 1. The highest BCUT2D eigenvalue weighted by atomic mass is 35.5. The first kappa shape index (κ1) is 30.8. The molecule has 1 aliphatic carbocycles. The highest BCUT2D eigenvalue weighted by Crippen LogP contribution is 2.46. The van der Waals surface area contributed by atoms with E-state index in [1.807, 2.05) is 0 Å². The number of nitrogens with zero attached hydrogens (tertiary/aromatic N) is 2. The summed E-state index contributed by atoms with van der Waals surface area (Å²) in [6.07, 6.45) is -3.98. The van der Waals surface area contributed by atoms with Gasteiger partial charge in [-0.3, -0.25) is 9.69 Å². The third-order valence-corrected chi connectivity index (χ3v) is 8.58. The second kappa shape index (κ2) is 12.2. The van der Waals surface area contributed by atoms with Crippen molar-refractivity contribution in [3.8, 4) is 5.75 Å². The standard InChI is InChI=1S/C29H29Cl2F5N2O4/c30-18-7-17(8-19(31)9-18)26(29(34,35)36)37-5-3-15(4-6-37)14-42-25-12-23(33)22(11-21(25)16-1-2-16)27(39)38-13-20(32)10-24(38)28(40)41/h7-9,11-12,15-16,20,24,26H,1-6,10,13-14H2,(H,40,41)/t20-,24+,26-/m1/s1. The van der Waals surface area contributed by atoms with E-state index in [4.69, 9.17) is 27.9 Å². The molecule has 3 fully saturated rings. The normalized spacial score (nSPS) is 22.8. The van der Waals surface area contributed by atoms with Gasteiger partial charge in [0, 0.05) is 22.5 Å². The lowest BCUT2D eigenvalue weighted by molar-refractivity contribution is -0.190. The van der Waals surface area contributed by atoms with Gasteiger partial charge in [0.2, 0.25) is 0 Å². The Kier molecular flexibility index (Phi) is 8.93. The fourth-order valence-electron chi connectivity index (χ4n) is 5.90. The predicted molar refractivity (Wildman–Crippen MR) is 145 cm³/mol. The molecule has 0 aromatic heterocycles. The third-order valence-electron chi connectivity index (χ3n) is 8.14. The number of halogens is 7. The number of hydrogen-bond donors (Lipinski definition) is 1. The van der Waals surface area contributed by atoms with Crippen LogP contribution >= 0.6 is 23.2 Å². The molecule has 6 nitrogen and oxygen atoms in total. The molecule has 1 saturated carbocycles. The fourth-order valence-corrected chi connectivity index (χ4v) is 6.44. The van der Waals surface area contributed by atoms with E-state index in [-0.39, 0.29) is 64.9 Å². The first-order valence-electron chi connectivity index (χ1n) is 13.7. The maximum absolute atomic E-state index is 15.2. The number of alkyl halides is 4. The van der Waals surface area contributed by atoms with Gasteiger partial charge in [0.15, 0.2) is 0 Å². The molecule has 1 N–H and O–H groups in total. The summed E-state index contributed by atoms with van der Waals surface area (Å²) in [5.74, 6) is -2.95. The number of likely N-dealkylation sites (tertiary alicyclic amines) is 2. The largest absolute Gasteiger partial charge is 0.493 e. The Morgan fingerprint density at radius 2 is 1.67 bits per heavy atom. The van der Waals surface area contributed by atoms with Crippen LogP contribution in [0.2, 0.25) is 10.0 Å². The number of ether oxygens (including phenoxy) is 1. The molecule has 3 atom stereocenters. The van der Waals surface area contributed by atoms with Crippen molar-refractivity contribution in [3.05, 3.63) is 62.9 Å². The van der Waals surface area contributed by atoms with Crippen LogP contribution in [0.25, 0.3) is 0 Å². The van der Waals surface area contributed by atoms with Crippen molar-refractivity contribution >= 4 is 35.1 Å². The molecule has 42 heavy (non-hydrogen) atoms. The Labute approximate surface area is 249 Å². The number of hydrogen-bond acceptors (Lipinski definition) is 4. The number of carbonyl (C=O) groups is 2. The molecule has 2 heterocycles. The molecule has 228 valence electrons. The van der Waals surface area contributed by atoms with Crippen LogP contribution in [0, 0.1) is 11.7 Å². The Hall–Kier alpha value is -2.63. The summed E-state index contributed by atoms with van der Waals surface area (Å²) in [6, 6.07) is 3.14. The van der Waals surface area contributed by atoms with Crippen molar-refractivity contribution in [2.24, 2.45) is 5.92 Å². The van der Waals surface area contributed by atoms with Gasteiger partial charge in [-0.05, 0) is 86.0 Å². The Balaban J connectivity index is 1.26. The van der Waals surface area contributed by atoms with E-state index in [0.29, 0.717) is 18.4 Å². The molecule has 0 radical (unpaired) electrons. The zero-order valence-corrected chi connectivity index (χ0v) is 23.9. The molecule has 2 aromatic rings. The van der Waals surface area contributed by atoms with Crippen LogP contribution in [0.3, 0.4) is 0 Å². The van der Waals surface area contributed by atoms with Gasteiger partial charge in [-0.15, -0.1) is 0 Å². The molecule has 0 unspecified atom stereocenters. The van der Waals surface area contributed by atoms with Crippen LogP contribution in [0.4, 0.5) is 22.0 Å².